The van der Waals surface area contributed by atoms with Crippen molar-refractivity contribution in [1.82, 2.24) is 4.98 Å². The standard InChI is InChI=1S/C18H16FN3/c19-16-8-4-3-7-14(16)15-9-10-22-18(17(15)21)13-6-2-1-5-12(13)11-20/h1-10H,11,20-21H2. The summed E-state index contributed by atoms with van der Waals surface area (Å²) >= 11 is 0. The summed E-state index contributed by atoms with van der Waals surface area (Å²) < 4.78 is 14.0. The molecule has 0 spiro atoms. The second-order valence-corrected chi connectivity index (χ2v) is 4.96. The Bertz CT molecular complexity index is 815. The molecule has 0 aliphatic rings. The van der Waals surface area contributed by atoms with Gasteiger partial charge in [-0.1, -0.05) is 42.5 Å². The smallest absolute Gasteiger partial charge is 0.131 e. The van der Waals surface area contributed by atoms with Crippen LogP contribution in [0, 0.1) is 5.82 Å². The Hall–Kier alpha value is -2.72. The van der Waals surface area contributed by atoms with E-state index in [9.17, 15) is 4.39 Å². The third-order valence-corrected chi connectivity index (χ3v) is 3.65. The van der Waals surface area contributed by atoms with Gasteiger partial charge in [-0.15, -0.1) is 0 Å². The molecule has 1 heterocycles. The van der Waals surface area contributed by atoms with E-state index in [4.69, 9.17) is 11.5 Å². The van der Waals surface area contributed by atoms with Gasteiger partial charge >= 0.3 is 0 Å². The highest BCUT2D eigenvalue weighted by atomic mass is 19.1. The molecule has 0 amide bonds. The molecule has 0 saturated carbocycles. The zero-order chi connectivity index (χ0) is 15.5. The average Bonchev–Trinajstić information content (AvgIpc) is 2.56. The van der Waals surface area contributed by atoms with Crippen LogP contribution in [0.1, 0.15) is 5.56 Å². The minimum Gasteiger partial charge on any atom is -0.396 e. The van der Waals surface area contributed by atoms with E-state index in [-0.39, 0.29) is 5.82 Å². The first-order valence-electron chi connectivity index (χ1n) is 7.00. The molecule has 3 nitrogen and oxygen atoms in total. The van der Waals surface area contributed by atoms with Crippen molar-refractivity contribution in [2.45, 2.75) is 6.54 Å². The van der Waals surface area contributed by atoms with Gasteiger partial charge in [0, 0.05) is 29.4 Å². The molecule has 0 radical (unpaired) electrons. The van der Waals surface area contributed by atoms with Crippen LogP contribution in [0.3, 0.4) is 0 Å². The maximum atomic E-state index is 14.0. The lowest BCUT2D eigenvalue weighted by Gasteiger charge is -2.13. The Morgan fingerprint density at radius 1 is 0.864 bits per heavy atom. The Balaban J connectivity index is 2.20. The van der Waals surface area contributed by atoms with Crippen molar-refractivity contribution in [3.63, 3.8) is 0 Å². The van der Waals surface area contributed by atoms with Gasteiger partial charge in [-0.25, -0.2) is 4.39 Å². The molecule has 1 aromatic heterocycles. The number of nitrogens with zero attached hydrogens (tertiary/aromatic N) is 1. The number of benzene rings is 2. The van der Waals surface area contributed by atoms with Crippen molar-refractivity contribution in [2.24, 2.45) is 5.73 Å². The minimum atomic E-state index is -0.307. The molecular formula is C18H16FN3. The van der Waals surface area contributed by atoms with Gasteiger partial charge in [-0.2, -0.15) is 0 Å². The van der Waals surface area contributed by atoms with Crippen LogP contribution in [-0.4, -0.2) is 4.98 Å². The number of nitrogen functional groups attached to an aromatic ring is 1. The van der Waals surface area contributed by atoms with Gasteiger partial charge in [-0.05, 0) is 17.7 Å². The summed E-state index contributed by atoms with van der Waals surface area (Å²) in [4.78, 5) is 4.37. The Kier molecular flexibility index (Phi) is 3.85. The van der Waals surface area contributed by atoms with Crippen LogP contribution in [-0.2, 0) is 6.54 Å². The van der Waals surface area contributed by atoms with Crippen molar-refractivity contribution >= 4 is 5.69 Å². The highest BCUT2D eigenvalue weighted by Gasteiger charge is 2.14. The van der Waals surface area contributed by atoms with E-state index in [2.05, 4.69) is 4.98 Å². The fraction of sp³-hybridized carbons (Fsp3) is 0.0556. The molecule has 0 fully saturated rings. The lowest BCUT2D eigenvalue weighted by Crippen LogP contribution is -2.03. The number of rotatable bonds is 3. The van der Waals surface area contributed by atoms with Crippen molar-refractivity contribution < 1.29 is 4.39 Å². The quantitative estimate of drug-likeness (QED) is 0.775. The molecule has 0 bridgehead atoms. The van der Waals surface area contributed by atoms with E-state index < -0.39 is 0 Å². The first-order valence-corrected chi connectivity index (χ1v) is 7.00. The second-order valence-electron chi connectivity index (χ2n) is 4.96. The van der Waals surface area contributed by atoms with Crippen LogP contribution in [0.25, 0.3) is 22.4 Å². The molecule has 4 heteroatoms. The third-order valence-electron chi connectivity index (χ3n) is 3.65. The number of anilines is 1. The summed E-state index contributed by atoms with van der Waals surface area (Å²) in [7, 11) is 0. The SMILES string of the molecule is NCc1ccccc1-c1nccc(-c2ccccc2F)c1N. The Labute approximate surface area is 128 Å². The zero-order valence-electron chi connectivity index (χ0n) is 12.0. The number of nitrogens with two attached hydrogens (primary N) is 2. The van der Waals surface area contributed by atoms with Gasteiger partial charge in [-0.3, -0.25) is 4.98 Å². The molecule has 0 aliphatic carbocycles. The van der Waals surface area contributed by atoms with Crippen LogP contribution < -0.4 is 11.5 Å². The van der Waals surface area contributed by atoms with Gasteiger partial charge < -0.3 is 11.5 Å². The second kappa shape index (κ2) is 5.95. The molecule has 4 N–H and O–H groups in total. The summed E-state index contributed by atoms with van der Waals surface area (Å²) in [6.45, 7) is 0.390. The van der Waals surface area contributed by atoms with E-state index >= 15 is 0 Å². The normalized spacial score (nSPS) is 10.6. The average molecular weight is 293 g/mol. The summed E-state index contributed by atoms with van der Waals surface area (Å²) in [5.41, 5.74) is 16.1. The number of hydrogen-bond donors (Lipinski definition) is 2. The van der Waals surface area contributed by atoms with Crippen LogP contribution in [0.5, 0.6) is 0 Å². The highest BCUT2D eigenvalue weighted by molar-refractivity contribution is 5.87. The first kappa shape index (κ1) is 14.2. The van der Waals surface area contributed by atoms with Crippen molar-refractivity contribution in [1.29, 1.82) is 0 Å². The van der Waals surface area contributed by atoms with Crippen LogP contribution in [0.15, 0.2) is 60.8 Å². The monoisotopic (exact) mass is 293 g/mol. The van der Waals surface area contributed by atoms with Gasteiger partial charge in [0.25, 0.3) is 0 Å². The number of halogens is 1. The van der Waals surface area contributed by atoms with Crippen molar-refractivity contribution in [2.75, 3.05) is 5.73 Å². The molecule has 3 rings (SSSR count). The van der Waals surface area contributed by atoms with Gasteiger partial charge in [0.2, 0.25) is 0 Å². The van der Waals surface area contributed by atoms with E-state index in [1.54, 1.807) is 30.5 Å². The molecule has 0 saturated heterocycles. The van der Waals surface area contributed by atoms with Gasteiger partial charge in [0.05, 0.1) is 11.4 Å². The predicted octanol–water partition coefficient (Wildman–Crippen LogP) is 3.60. The number of hydrogen-bond acceptors (Lipinski definition) is 3. The van der Waals surface area contributed by atoms with E-state index in [0.717, 1.165) is 11.1 Å². The fourth-order valence-electron chi connectivity index (χ4n) is 2.53. The summed E-state index contributed by atoms with van der Waals surface area (Å²) in [5, 5.41) is 0. The lowest BCUT2D eigenvalue weighted by molar-refractivity contribution is 0.631. The van der Waals surface area contributed by atoms with E-state index in [1.807, 2.05) is 24.3 Å². The minimum absolute atomic E-state index is 0.307. The molecule has 0 unspecified atom stereocenters. The lowest BCUT2D eigenvalue weighted by atomic mass is 9.98. The van der Waals surface area contributed by atoms with Gasteiger partial charge in [0.15, 0.2) is 0 Å². The van der Waals surface area contributed by atoms with Crippen LogP contribution >= 0.6 is 0 Å². The Morgan fingerprint density at radius 2 is 1.55 bits per heavy atom. The van der Waals surface area contributed by atoms with Crippen LogP contribution in [0.4, 0.5) is 10.1 Å². The molecule has 3 aromatic rings. The van der Waals surface area contributed by atoms with Crippen molar-refractivity contribution in [3.8, 4) is 22.4 Å². The molecule has 2 aromatic carbocycles. The number of pyridine rings is 1. The van der Waals surface area contributed by atoms with Crippen LogP contribution in [0.2, 0.25) is 0 Å². The van der Waals surface area contributed by atoms with Crippen molar-refractivity contribution in [3.05, 3.63) is 72.2 Å². The van der Waals surface area contributed by atoms with E-state index in [1.165, 1.54) is 6.07 Å². The zero-order valence-corrected chi connectivity index (χ0v) is 12.0. The topological polar surface area (TPSA) is 64.9 Å². The molecule has 0 atom stereocenters. The molecule has 110 valence electrons. The summed E-state index contributed by atoms with van der Waals surface area (Å²) in [6.07, 6.45) is 1.64. The van der Waals surface area contributed by atoms with E-state index in [0.29, 0.717) is 29.1 Å². The predicted molar refractivity (Wildman–Crippen MR) is 87.4 cm³/mol. The fourth-order valence-corrected chi connectivity index (χ4v) is 2.53. The van der Waals surface area contributed by atoms with Gasteiger partial charge in [0.1, 0.15) is 5.82 Å². The largest absolute Gasteiger partial charge is 0.396 e. The first-order chi connectivity index (χ1) is 10.7. The summed E-state index contributed by atoms with van der Waals surface area (Å²) in [5.74, 6) is -0.307. The third kappa shape index (κ3) is 2.44. The summed E-state index contributed by atoms with van der Waals surface area (Å²) in [6, 6.07) is 16.0. The number of aromatic nitrogens is 1. The molecule has 0 aliphatic heterocycles. The maximum absolute atomic E-state index is 14.0. The molecular weight excluding hydrogens is 277 g/mol. The maximum Gasteiger partial charge on any atom is 0.131 e. The molecule has 22 heavy (non-hydrogen) atoms. The Morgan fingerprint density at radius 3 is 2.27 bits per heavy atom. The highest BCUT2D eigenvalue weighted by Crippen LogP contribution is 2.35.